The second kappa shape index (κ2) is 8.64. The van der Waals surface area contributed by atoms with Gasteiger partial charge in [0, 0.05) is 29.9 Å². The van der Waals surface area contributed by atoms with Crippen molar-refractivity contribution in [1.29, 1.82) is 0 Å². The van der Waals surface area contributed by atoms with Crippen molar-refractivity contribution >= 4 is 39.4 Å². The number of thioether (sulfide) groups is 1. The van der Waals surface area contributed by atoms with E-state index in [1.807, 2.05) is 47.8 Å². The lowest BCUT2D eigenvalue weighted by molar-refractivity contribution is 0.0963. The molecule has 3 rings (SSSR count). The molecule has 132 valence electrons. The summed E-state index contributed by atoms with van der Waals surface area (Å²) >= 11 is 2.55. The van der Waals surface area contributed by atoms with E-state index in [9.17, 15) is 9.59 Å². The molecule has 0 aliphatic rings. The highest BCUT2D eigenvalue weighted by molar-refractivity contribution is 8.13. The molecule has 26 heavy (non-hydrogen) atoms. The van der Waals surface area contributed by atoms with E-state index in [0.29, 0.717) is 16.4 Å². The summed E-state index contributed by atoms with van der Waals surface area (Å²) < 4.78 is 0. The third-order valence-corrected chi connectivity index (χ3v) is 5.18. The molecule has 0 radical (unpaired) electrons. The Morgan fingerprint density at radius 2 is 1.96 bits per heavy atom. The van der Waals surface area contributed by atoms with E-state index in [4.69, 9.17) is 0 Å². The van der Waals surface area contributed by atoms with Crippen molar-refractivity contribution < 1.29 is 9.59 Å². The van der Waals surface area contributed by atoms with Crippen LogP contribution < -0.4 is 10.6 Å². The van der Waals surface area contributed by atoms with E-state index in [-0.39, 0.29) is 11.1 Å². The molecule has 0 fully saturated rings. The topological polar surface area (TPSA) is 71.1 Å². The van der Waals surface area contributed by atoms with Gasteiger partial charge >= 0.3 is 0 Å². The molecular weight excluding hydrogens is 366 g/mol. The van der Waals surface area contributed by atoms with E-state index in [2.05, 4.69) is 15.6 Å². The van der Waals surface area contributed by atoms with Crippen molar-refractivity contribution in [3.05, 3.63) is 71.2 Å². The fourth-order valence-electron chi connectivity index (χ4n) is 2.43. The van der Waals surface area contributed by atoms with Crippen LogP contribution in [0.1, 0.15) is 15.9 Å². The minimum Gasteiger partial charge on any atom is -0.355 e. The van der Waals surface area contributed by atoms with Gasteiger partial charge in [-0.3, -0.25) is 14.9 Å². The predicted octanol–water partition coefficient (Wildman–Crippen LogP) is 4.64. The van der Waals surface area contributed by atoms with Crippen LogP contribution in [0, 0.1) is 0 Å². The average molecular weight is 383 g/mol. The zero-order valence-electron chi connectivity index (χ0n) is 14.1. The Balaban J connectivity index is 1.78. The molecule has 0 atom stereocenters. The Morgan fingerprint density at radius 1 is 1.15 bits per heavy atom. The zero-order chi connectivity index (χ0) is 18.4. The number of hydrogen-bond donors (Lipinski definition) is 2. The van der Waals surface area contributed by atoms with Crippen molar-refractivity contribution in [2.24, 2.45) is 0 Å². The van der Waals surface area contributed by atoms with Crippen molar-refractivity contribution in [3.8, 4) is 11.1 Å². The van der Waals surface area contributed by atoms with Crippen LogP contribution in [-0.2, 0) is 5.75 Å². The highest BCUT2D eigenvalue weighted by Gasteiger charge is 2.13. The fraction of sp³-hybridized carbons (Fsp3) is 0.105. The first-order valence-corrected chi connectivity index (χ1v) is 9.77. The highest BCUT2D eigenvalue weighted by Crippen LogP contribution is 2.27. The van der Waals surface area contributed by atoms with E-state index in [1.54, 1.807) is 19.3 Å². The first kappa shape index (κ1) is 18.2. The predicted molar refractivity (Wildman–Crippen MR) is 108 cm³/mol. The van der Waals surface area contributed by atoms with Gasteiger partial charge in [0.25, 0.3) is 11.1 Å². The van der Waals surface area contributed by atoms with E-state index >= 15 is 0 Å². The van der Waals surface area contributed by atoms with Crippen molar-refractivity contribution in [1.82, 2.24) is 10.3 Å². The summed E-state index contributed by atoms with van der Waals surface area (Å²) in [6, 6.07) is 15.4. The molecule has 2 aromatic carbocycles. The third-order valence-electron chi connectivity index (χ3n) is 3.65. The van der Waals surface area contributed by atoms with E-state index < -0.39 is 0 Å². The van der Waals surface area contributed by atoms with Crippen LogP contribution in [-0.4, -0.2) is 23.2 Å². The SMILES string of the molecule is CNC(=O)c1ccc(CSC(=O)Nc2nccs2)cc1-c1ccccc1. The van der Waals surface area contributed by atoms with Gasteiger partial charge in [0.15, 0.2) is 5.13 Å². The molecule has 0 bridgehead atoms. The van der Waals surface area contributed by atoms with Crippen molar-refractivity contribution in [2.45, 2.75) is 5.75 Å². The van der Waals surface area contributed by atoms with Crippen LogP contribution in [0.15, 0.2) is 60.1 Å². The molecule has 7 heteroatoms. The van der Waals surface area contributed by atoms with Gasteiger partial charge in [0.2, 0.25) is 0 Å². The second-order valence-electron chi connectivity index (χ2n) is 5.36. The lowest BCUT2D eigenvalue weighted by Crippen LogP contribution is -2.18. The molecule has 0 unspecified atom stereocenters. The monoisotopic (exact) mass is 383 g/mol. The number of anilines is 1. The Bertz CT molecular complexity index is 896. The summed E-state index contributed by atoms with van der Waals surface area (Å²) in [5, 5.41) is 7.66. The number of nitrogens with one attached hydrogen (secondary N) is 2. The first-order valence-electron chi connectivity index (χ1n) is 7.91. The van der Waals surface area contributed by atoms with Crippen molar-refractivity contribution in [2.75, 3.05) is 12.4 Å². The van der Waals surface area contributed by atoms with Gasteiger partial charge in [-0.1, -0.05) is 48.2 Å². The molecular formula is C19H17N3O2S2. The standard InChI is InChI=1S/C19H17N3O2S2/c1-20-17(23)15-8-7-13(11-16(15)14-5-3-2-4-6-14)12-26-19(24)22-18-21-9-10-25-18/h2-11H,12H2,1H3,(H,20,23)(H,21,22,24). The quantitative estimate of drug-likeness (QED) is 0.674. The largest absolute Gasteiger partial charge is 0.355 e. The Labute approximate surface area is 159 Å². The molecule has 2 N–H and O–H groups in total. The molecule has 1 heterocycles. The van der Waals surface area contributed by atoms with Gasteiger partial charge in [-0.25, -0.2) is 4.98 Å². The Kier molecular flexibility index (Phi) is 6.04. The number of benzene rings is 2. The van der Waals surface area contributed by atoms with Crippen LogP contribution >= 0.6 is 23.1 Å². The minimum absolute atomic E-state index is 0.135. The molecule has 5 nitrogen and oxygen atoms in total. The van der Waals surface area contributed by atoms with E-state index in [0.717, 1.165) is 16.7 Å². The van der Waals surface area contributed by atoms with Crippen LogP contribution in [0.25, 0.3) is 11.1 Å². The van der Waals surface area contributed by atoms with E-state index in [1.165, 1.54) is 23.1 Å². The molecule has 2 amide bonds. The number of aromatic nitrogens is 1. The van der Waals surface area contributed by atoms with Gasteiger partial charge in [-0.05, 0) is 28.8 Å². The number of amides is 2. The number of carbonyl (C=O) groups is 2. The number of carbonyl (C=O) groups excluding carboxylic acids is 2. The Morgan fingerprint density at radius 3 is 2.65 bits per heavy atom. The van der Waals surface area contributed by atoms with Crippen LogP contribution in [0.2, 0.25) is 0 Å². The average Bonchev–Trinajstić information content (AvgIpc) is 3.19. The van der Waals surface area contributed by atoms with Gasteiger partial charge in [0.05, 0.1) is 0 Å². The summed E-state index contributed by atoms with van der Waals surface area (Å²) in [5.74, 6) is 0.370. The van der Waals surface area contributed by atoms with Gasteiger partial charge < -0.3 is 5.32 Å². The fourth-order valence-corrected chi connectivity index (χ4v) is 3.66. The Hall–Kier alpha value is -2.64. The lowest BCUT2D eigenvalue weighted by atomic mass is 9.97. The van der Waals surface area contributed by atoms with Crippen molar-refractivity contribution in [3.63, 3.8) is 0 Å². The number of rotatable bonds is 5. The van der Waals surface area contributed by atoms with Gasteiger partial charge in [-0.15, -0.1) is 11.3 Å². The molecule has 0 saturated heterocycles. The normalized spacial score (nSPS) is 10.3. The summed E-state index contributed by atoms with van der Waals surface area (Å²) in [6.07, 6.45) is 1.65. The molecule has 1 aromatic heterocycles. The third kappa shape index (κ3) is 4.50. The maximum atomic E-state index is 12.2. The van der Waals surface area contributed by atoms with Gasteiger partial charge in [0.1, 0.15) is 0 Å². The maximum Gasteiger partial charge on any atom is 0.285 e. The lowest BCUT2D eigenvalue weighted by Gasteiger charge is -2.11. The van der Waals surface area contributed by atoms with Crippen LogP contribution in [0.3, 0.4) is 0 Å². The highest BCUT2D eigenvalue weighted by atomic mass is 32.2. The zero-order valence-corrected chi connectivity index (χ0v) is 15.7. The number of hydrogen-bond acceptors (Lipinski definition) is 5. The summed E-state index contributed by atoms with van der Waals surface area (Å²) in [7, 11) is 1.61. The second-order valence-corrected chi connectivity index (χ2v) is 7.21. The summed E-state index contributed by atoms with van der Waals surface area (Å²) in [5.41, 5.74) is 3.39. The number of nitrogens with zero attached hydrogens (tertiary/aromatic N) is 1. The minimum atomic E-state index is -0.156. The smallest absolute Gasteiger partial charge is 0.285 e. The summed E-state index contributed by atoms with van der Waals surface area (Å²) in [4.78, 5) is 28.2. The molecule has 0 aliphatic heterocycles. The number of thiazole rings is 1. The molecule has 3 aromatic rings. The molecule has 0 saturated carbocycles. The van der Waals surface area contributed by atoms with Gasteiger partial charge in [-0.2, -0.15) is 0 Å². The molecule has 0 aliphatic carbocycles. The van der Waals surface area contributed by atoms with Crippen LogP contribution in [0.5, 0.6) is 0 Å². The molecule has 0 spiro atoms. The van der Waals surface area contributed by atoms with Crippen LogP contribution in [0.4, 0.5) is 9.93 Å². The summed E-state index contributed by atoms with van der Waals surface area (Å²) in [6.45, 7) is 0. The first-order chi connectivity index (χ1) is 12.7. The maximum absolute atomic E-state index is 12.2.